The van der Waals surface area contributed by atoms with Crippen LogP contribution in [0.15, 0.2) is 47.6 Å². The Morgan fingerprint density at radius 2 is 2.07 bits per heavy atom. The van der Waals surface area contributed by atoms with Gasteiger partial charge in [0.15, 0.2) is 17.5 Å². The predicted molar refractivity (Wildman–Crippen MR) is 104 cm³/mol. The summed E-state index contributed by atoms with van der Waals surface area (Å²) in [6.45, 7) is 3.76. The summed E-state index contributed by atoms with van der Waals surface area (Å²) < 4.78 is 12.9. The van der Waals surface area contributed by atoms with Gasteiger partial charge in [-0.3, -0.25) is 4.99 Å². The molecule has 0 amide bonds. The van der Waals surface area contributed by atoms with E-state index in [9.17, 15) is 0 Å². The zero-order chi connectivity index (χ0) is 18.6. The maximum absolute atomic E-state index is 5.42. The van der Waals surface area contributed by atoms with Gasteiger partial charge in [0.25, 0.3) is 0 Å². The van der Waals surface area contributed by atoms with E-state index in [4.69, 9.17) is 9.47 Å². The highest BCUT2D eigenvalue weighted by molar-refractivity contribution is 5.79. The van der Waals surface area contributed by atoms with Crippen molar-refractivity contribution in [2.45, 2.75) is 19.9 Å². The Kier molecular flexibility index (Phi) is 4.82. The Balaban J connectivity index is 1.29. The van der Waals surface area contributed by atoms with Crippen molar-refractivity contribution in [1.29, 1.82) is 0 Å². The fourth-order valence-corrected chi connectivity index (χ4v) is 3.10. The maximum Gasteiger partial charge on any atom is 0.231 e. The van der Waals surface area contributed by atoms with E-state index in [1.165, 1.54) is 5.56 Å². The molecule has 2 aromatic heterocycles. The topological polar surface area (TPSA) is 72.2 Å². The lowest BCUT2D eigenvalue weighted by atomic mass is 10.1. The first-order valence-electron chi connectivity index (χ1n) is 8.99. The Hall–Kier alpha value is -3.22. The number of rotatable bonds is 5. The van der Waals surface area contributed by atoms with E-state index in [1.807, 2.05) is 24.3 Å². The Bertz CT molecular complexity index is 980. The number of imidazole rings is 1. The SMILES string of the molecule is CN=C(NCCc1ccc2c(c1)OCO2)NCc1cn2c(C)cccc2n1. The number of hydrogen-bond donors (Lipinski definition) is 2. The molecule has 7 heteroatoms. The summed E-state index contributed by atoms with van der Waals surface area (Å²) in [6.07, 6.45) is 2.92. The molecule has 0 spiro atoms. The molecule has 7 nitrogen and oxygen atoms in total. The van der Waals surface area contributed by atoms with Gasteiger partial charge in [-0.1, -0.05) is 12.1 Å². The second kappa shape index (κ2) is 7.57. The predicted octanol–water partition coefficient (Wildman–Crippen LogP) is 2.28. The monoisotopic (exact) mass is 365 g/mol. The number of ether oxygens (including phenoxy) is 2. The second-order valence-corrected chi connectivity index (χ2v) is 6.42. The number of guanidine groups is 1. The van der Waals surface area contributed by atoms with Crippen LogP contribution in [0.2, 0.25) is 0 Å². The minimum atomic E-state index is 0.302. The number of nitrogens with zero attached hydrogens (tertiary/aromatic N) is 3. The smallest absolute Gasteiger partial charge is 0.231 e. The summed E-state index contributed by atoms with van der Waals surface area (Å²) in [6, 6.07) is 12.1. The van der Waals surface area contributed by atoms with E-state index in [0.29, 0.717) is 13.3 Å². The van der Waals surface area contributed by atoms with Crippen molar-refractivity contribution in [2.75, 3.05) is 20.4 Å². The summed E-state index contributed by atoms with van der Waals surface area (Å²) >= 11 is 0. The number of aliphatic imine (C=N–C) groups is 1. The largest absolute Gasteiger partial charge is 0.454 e. The lowest BCUT2D eigenvalue weighted by molar-refractivity contribution is 0.174. The van der Waals surface area contributed by atoms with Crippen molar-refractivity contribution in [3.63, 3.8) is 0 Å². The third kappa shape index (κ3) is 3.81. The van der Waals surface area contributed by atoms with Crippen LogP contribution in [-0.2, 0) is 13.0 Å². The van der Waals surface area contributed by atoms with Crippen molar-refractivity contribution in [3.05, 3.63) is 59.5 Å². The molecule has 0 atom stereocenters. The summed E-state index contributed by atoms with van der Waals surface area (Å²) in [5.74, 6) is 2.38. The number of benzene rings is 1. The number of fused-ring (bicyclic) bond motifs is 2. The van der Waals surface area contributed by atoms with E-state index in [1.54, 1.807) is 7.05 Å². The highest BCUT2D eigenvalue weighted by Crippen LogP contribution is 2.32. The molecule has 1 aromatic carbocycles. The van der Waals surface area contributed by atoms with Crippen molar-refractivity contribution in [3.8, 4) is 11.5 Å². The van der Waals surface area contributed by atoms with Gasteiger partial charge in [-0.15, -0.1) is 0 Å². The molecule has 0 fully saturated rings. The zero-order valence-corrected chi connectivity index (χ0v) is 15.5. The number of nitrogens with one attached hydrogen (secondary N) is 2. The van der Waals surface area contributed by atoms with Crippen molar-refractivity contribution >= 4 is 11.6 Å². The molecule has 3 aromatic rings. The molecule has 0 unspecified atom stereocenters. The van der Waals surface area contributed by atoms with Gasteiger partial charge in [-0.25, -0.2) is 4.98 Å². The van der Waals surface area contributed by atoms with Crippen LogP contribution in [0.3, 0.4) is 0 Å². The molecular weight excluding hydrogens is 342 g/mol. The Morgan fingerprint density at radius 3 is 2.93 bits per heavy atom. The number of aromatic nitrogens is 2. The van der Waals surface area contributed by atoms with Crippen molar-refractivity contribution in [1.82, 2.24) is 20.0 Å². The van der Waals surface area contributed by atoms with E-state index < -0.39 is 0 Å². The fraction of sp³-hybridized carbons (Fsp3) is 0.300. The first-order chi connectivity index (χ1) is 13.2. The van der Waals surface area contributed by atoms with Crippen LogP contribution in [0.1, 0.15) is 17.0 Å². The van der Waals surface area contributed by atoms with Gasteiger partial charge in [-0.2, -0.15) is 0 Å². The summed E-state index contributed by atoms with van der Waals surface area (Å²) in [7, 11) is 1.77. The van der Waals surface area contributed by atoms with Gasteiger partial charge in [0.2, 0.25) is 6.79 Å². The quantitative estimate of drug-likeness (QED) is 0.536. The van der Waals surface area contributed by atoms with Gasteiger partial charge in [0, 0.05) is 25.5 Å². The molecule has 27 heavy (non-hydrogen) atoms. The Labute approximate surface area is 158 Å². The molecule has 0 radical (unpaired) electrons. The average Bonchev–Trinajstić information content (AvgIpc) is 3.31. The minimum Gasteiger partial charge on any atom is -0.454 e. The second-order valence-electron chi connectivity index (χ2n) is 6.42. The first-order valence-corrected chi connectivity index (χ1v) is 8.99. The molecule has 0 saturated carbocycles. The number of pyridine rings is 1. The summed E-state index contributed by atoms with van der Waals surface area (Å²) in [5, 5.41) is 6.65. The maximum atomic E-state index is 5.42. The van der Waals surface area contributed by atoms with Crippen LogP contribution in [-0.4, -0.2) is 35.7 Å². The molecule has 1 aliphatic rings. The van der Waals surface area contributed by atoms with E-state index in [0.717, 1.165) is 47.5 Å². The number of aryl methyl sites for hydroxylation is 1. The molecule has 2 N–H and O–H groups in total. The minimum absolute atomic E-state index is 0.302. The van der Waals surface area contributed by atoms with Gasteiger partial charge < -0.3 is 24.5 Å². The van der Waals surface area contributed by atoms with Crippen molar-refractivity contribution < 1.29 is 9.47 Å². The molecule has 1 aliphatic heterocycles. The van der Waals surface area contributed by atoms with Gasteiger partial charge in [0.05, 0.1) is 12.2 Å². The zero-order valence-electron chi connectivity index (χ0n) is 15.5. The van der Waals surface area contributed by atoms with Crippen molar-refractivity contribution in [2.24, 2.45) is 4.99 Å². The highest BCUT2D eigenvalue weighted by atomic mass is 16.7. The third-order valence-corrected chi connectivity index (χ3v) is 4.55. The van der Waals surface area contributed by atoms with Crippen LogP contribution in [0.25, 0.3) is 5.65 Å². The molecule has 3 heterocycles. The van der Waals surface area contributed by atoms with Crippen LogP contribution < -0.4 is 20.1 Å². The molecular formula is C20H23N5O2. The lowest BCUT2D eigenvalue weighted by Gasteiger charge is -2.11. The van der Waals surface area contributed by atoms with Gasteiger partial charge >= 0.3 is 0 Å². The van der Waals surface area contributed by atoms with Crippen LogP contribution in [0, 0.1) is 6.92 Å². The normalized spacial score (nSPS) is 13.2. The van der Waals surface area contributed by atoms with Gasteiger partial charge in [0.1, 0.15) is 5.65 Å². The molecule has 0 aliphatic carbocycles. The third-order valence-electron chi connectivity index (χ3n) is 4.55. The van der Waals surface area contributed by atoms with Gasteiger partial charge in [-0.05, 0) is 43.2 Å². The van der Waals surface area contributed by atoms with Crippen LogP contribution >= 0.6 is 0 Å². The molecule has 0 saturated heterocycles. The fourth-order valence-electron chi connectivity index (χ4n) is 3.10. The molecule has 4 rings (SSSR count). The molecule has 0 bridgehead atoms. The van der Waals surface area contributed by atoms with E-state index in [2.05, 4.69) is 50.3 Å². The first kappa shape index (κ1) is 17.2. The average molecular weight is 365 g/mol. The Morgan fingerprint density at radius 1 is 1.19 bits per heavy atom. The summed E-state index contributed by atoms with van der Waals surface area (Å²) in [5.41, 5.74) is 4.29. The van der Waals surface area contributed by atoms with Crippen LogP contribution in [0.4, 0.5) is 0 Å². The lowest BCUT2D eigenvalue weighted by Crippen LogP contribution is -2.37. The van der Waals surface area contributed by atoms with E-state index in [-0.39, 0.29) is 0 Å². The highest BCUT2D eigenvalue weighted by Gasteiger charge is 2.13. The summed E-state index contributed by atoms with van der Waals surface area (Å²) in [4.78, 5) is 8.91. The standard InChI is InChI=1S/C20H23N5O2/c1-14-4-3-5-19-24-16(12-25(14)19)11-23-20(21-2)22-9-8-15-6-7-17-18(10-15)27-13-26-17/h3-7,10,12H,8-9,11,13H2,1-2H3,(H2,21,22,23). The van der Waals surface area contributed by atoms with E-state index >= 15 is 0 Å². The van der Waals surface area contributed by atoms with Crippen LogP contribution in [0.5, 0.6) is 11.5 Å². The number of hydrogen-bond acceptors (Lipinski definition) is 4. The molecule has 140 valence electrons.